The van der Waals surface area contributed by atoms with Gasteiger partial charge in [-0.1, -0.05) is 38.3 Å². The van der Waals surface area contributed by atoms with Gasteiger partial charge in [0.1, 0.15) is 12.4 Å². The van der Waals surface area contributed by atoms with Crippen molar-refractivity contribution in [3.63, 3.8) is 0 Å². The molecule has 3 heteroatoms. The van der Waals surface area contributed by atoms with Crippen LogP contribution in [0.3, 0.4) is 0 Å². The summed E-state index contributed by atoms with van der Waals surface area (Å²) in [5.74, 6) is 1.65. The van der Waals surface area contributed by atoms with Crippen molar-refractivity contribution in [1.82, 2.24) is 0 Å². The maximum atomic E-state index is 6.00. The molecule has 1 aliphatic rings. The van der Waals surface area contributed by atoms with Crippen LogP contribution in [0.1, 0.15) is 43.6 Å². The average molecular weight is 257 g/mol. The zero-order valence-corrected chi connectivity index (χ0v) is 11.3. The van der Waals surface area contributed by atoms with Crippen LogP contribution < -0.4 is 0 Å². The predicted octanol–water partition coefficient (Wildman–Crippen LogP) is 5.10. The Hall–Kier alpha value is -0.470. The van der Waals surface area contributed by atoms with Gasteiger partial charge in [0.2, 0.25) is 0 Å². The second-order valence-corrected chi connectivity index (χ2v) is 6.03. The van der Waals surface area contributed by atoms with Crippen LogP contribution in [0, 0.1) is 5.92 Å². The van der Waals surface area contributed by atoms with Crippen LogP contribution in [0.25, 0.3) is 6.08 Å². The van der Waals surface area contributed by atoms with Gasteiger partial charge in [-0.05, 0) is 18.6 Å². The highest BCUT2D eigenvalue weighted by atomic mass is 35.5. The van der Waals surface area contributed by atoms with E-state index in [-0.39, 0.29) is 0 Å². The highest BCUT2D eigenvalue weighted by Crippen LogP contribution is 2.35. The molecule has 1 aromatic heterocycles. The number of fused-ring (bicyclic) bond motifs is 1. The number of hydrogen-bond acceptors (Lipinski definition) is 2. The quantitative estimate of drug-likeness (QED) is 0.728. The van der Waals surface area contributed by atoms with Crippen LogP contribution in [0.15, 0.2) is 11.8 Å². The molecule has 0 saturated carbocycles. The monoisotopic (exact) mass is 256 g/mol. The molecule has 88 valence electrons. The molecule has 2 heterocycles. The fourth-order valence-electron chi connectivity index (χ4n) is 1.91. The fraction of sp³-hybridized carbons (Fsp3) is 0.538. The van der Waals surface area contributed by atoms with E-state index in [9.17, 15) is 0 Å². The normalized spacial score (nSPS) is 16.3. The molecule has 1 aliphatic heterocycles. The van der Waals surface area contributed by atoms with Crippen molar-refractivity contribution in [2.24, 2.45) is 5.92 Å². The Labute approximate surface area is 106 Å². The van der Waals surface area contributed by atoms with Crippen molar-refractivity contribution in [3.8, 4) is 0 Å². The van der Waals surface area contributed by atoms with Gasteiger partial charge in [0.15, 0.2) is 0 Å². The van der Waals surface area contributed by atoms with Crippen molar-refractivity contribution in [2.45, 2.75) is 39.7 Å². The van der Waals surface area contributed by atoms with Crippen LogP contribution in [-0.2, 0) is 11.3 Å². The highest BCUT2D eigenvalue weighted by Gasteiger charge is 2.18. The van der Waals surface area contributed by atoms with E-state index >= 15 is 0 Å². The highest BCUT2D eigenvalue weighted by molar-refractivity contribution is 7.17. The second-order valence-electron chi connectivity index (χ2n) is 4.32. The van der Waals surface area contributed by atoms with Crippen molar-refractivity contribution in [1.29, 1.82) is 0 Å². The molecular weight excluding hydrogens is 240 g/mol. The number of hydrogen-bond donors (Lipinski definition) is 0. The fourth-order valence-corrected chi connectivity index (χ4v) is 3.13. The lowest BCUT2D eigenvalue weighted by Crippen LogP contribution is -2.07. The van der Waals surface area contributed by atoms with E-state index in [1.165, 1.54) is 29.7 Å². The number of halogens is 1. The summed E-state index contributed by atoms with van der Waals surface area (Å²) in [5, 5.41) is 0. The Balaban J connectivity index is 2.10. The molecule has 1 unspecified atom stereocenters. The molecule has 0 N–H and O–H groups in total. The molecule has 0 radical (unpaired) electrons. The van der Waals surface area contributed by atoms with Crippen molar-refractivity contribution < 1.29 is 4.74 Å². The summed E-state index contributed by atoms with van der Waals surface area (Å²) in [4.78, 5) is 1.27. The molecule has 2 rings (SSSR count). The molecule has 0 aromatic carbocycles. The summed E-state index contributed by atoms with van der Waals surface area (Å²) in [5.41, 5.74) is 1.22. The summed E-state index contributed by atoms with van der Waals surface area (Å²) >= 11 is 7.64. The molecule has 0 fully saturated rings. The number of rotatable bonds is 4. The van der Waals surface area contributed by atoms with Gasteiger partial charge in [0, 0.05) is 16.4 Å². The molecule has 0 aliphatic carbocycles. The van der Waals surface area contributed by atoms with Crippen LogP contribution in [0.5, 0.6) is 0 Å². The number of unbranched alkanes of at least 4 members (excludes halogenated alkanes) is 1. The summed E-state index contributed by atoms with van der Waals surface area (Å²) in [7, 11) is 0. The zero-order valence-electron chi connectivity index (χ0n) is 9.75. The zero-order chi connectivity index (χ0) is 11.5. The molecule has 1 nitrogen and oxygen atoms in total. The molecule has 1 atom stereocenters. The van der Waals surface area contributed by atoms with E-state index < -0.39 is 0 Å². The first-order valence-corrected chi connectivity index (χ1v) is 7.02. The van der Waals surface area contributed by atoms with E-state index in [2.05, 4.69) is 19.9 Å². The Morgan fingerprint density at radius 2 is 2.38 bits per heavy atom. The smallest absolute Gasteiger partial charge is 0.114 e. The Bertz CT molecular complexity index is 395. The van der Waals surface area contributed by atoms with Crippen LogP contribution in [0.4, 0.5) is 0 Å². The third kappa shape index (κ3) is 2.61. The number of ether oxygens (including phenoxy) is 1. The minimum absolute atomic E-state index is 0.522. The Kier molecular flexibility index (Phi) is 3.93. The van der Waals surface area contributed by atoms with Crippen molar-refractivity contribution in [3.05, 3.63) is 26.6 Å². The summed E-state index contributed by atoms with van der Waals surface area (Å²) in [6.07, 6.45) is 5.88. The third-order valence-corrected chi connectivity index (χ3v) is 4.21. The average Bonchev–Trinajstić information content (AvgIpc) is 2.64. The summed E-state index contributed by atoms with van der Waals surface area (Å²) in [6.45, 7) is 5.14. The van der Waals surface area contributed by atoms with Gasteiger partial charge in [0.25, 0.3) is 0 Å². The maximum Gasteiger partial charge on any atom is 0.114 e. The first-order valence-electron chi connectivity index (χ1n) is 5.83. The Morgan fingerprint density at radius 1 is 1.56 bits per heavy atom. The lowest BCUT2D eigenvalue weighted by atomic mass is 10.0. The lowest BCUT2D eigenvalue weighted by molar-refractivity contribution is 0.164. The van der Waals surface area contributed by atoms with E-state index in [1.807, 2.05) is 6.07 Å². The number of allylic oxidation sites excluding steroid dienone is 1. The first kappa shape index (κ1) is 12.0. The molecule has 0 bridgehead atoms. The minimum Gasteiger partial charge on any atom is -0.493 e. The van der Waals surface area contributed by atoms with Crippen molar-refractivity contribution >= 4 is 29.0 Å². The van der Waals surface area contributed by atoms with Crippen LogP contribution >= 0.6 is 22.9 Å². The molecule has 0 spiro atoms. The van der Waals surface area contributed by atoms with E-state index in [0.717, 1.165) is 10.1 Å². The van der Waals surface area contributed by atoms with E-state index in [4.69, 9.17) is 16.3 Å². The van der Waals surface area contributed by atoms with Crippen LogP contribution in [-0.4, -0.2) is 0 Å². The molecule has 1 aromatic rings. The standard InChI is InChI=1S/C13H17ClOS/c1-3-4-5-9(2)11-7-12-10(8-15-11)6-13(14)16-12/h6-7,9H,3-5,8H2,1-2H3. The largest absolute Gasteiger partial charge is 0.493 e. The summed E-state index contributed by atoms with van der Waals surface area (Å²) in [6, 6.07) is 2.01. The van der Waals surface area contributed by atoms with Crippen LogP contribution in [0.2, 0.25) is 4.34 Å². The second kappa shape index (κ2) is 5.24. The minimum atomic E-state index is 0.522. The van der Waals surface area contributed by atoms with Crippen molar-refractivity contribution in [2.75, 3.05) is 0 Å². The van der Waals surface area contributed by atoms with E-state index in [1.54, 1.807) is 11.3 Å². The molecule has 0 saturated heterocycles. The predicted molar refractivity (Wildman–Crippen MR) is 70.8 cm³/mol. The lowest BCUT2D eigenvalue weighted by Gasteiger charge is -2.20. The SMILES string of the molecule is CCCCC(C)C1=Cc2sc(Cl)cc2CO1. The topological polar surface area (TPSA) is 9.23 Å². The number of thiophene rings is 1. The van der Waals surface area contributed by atoms with Gasteiger partial charge in [0.05, 0.1) is 4.34 Å². The van der Waals surface area contributed by atoms with Gasteiger partial charge in [-0.25, -0.2) is 0 Å². The summed E-state index contributed by atoms with van der Waals surface area (Å²) < 4.78 is 6.64. The van der Waals surface area contributed by atoms with Gasteiger partial charge in [-0.15, -0.1) is 11.3 Å². The third-order valence-electron chi connectivity index (χ3n) is 2.96. The Morgan fingerprint density at radius 3 is 3.12 bits per heavy atom. The van der Waals surface area contributed by atoms with Gasteiger partial charge in [-0.3, -0.25) is 0 Å². The molecular formula is C13H17ClOS. The maximum absolute atomic E-state index is 6.00. The van der Waals surface area contributed by atoms with Gasteiger partial charge < -0.3 is 4.74 Å². The van der Waals surface area contributed by atoms with Gasteiger partial charge in [-0.2, -0.15) is 0 Å². The molecule has 16 heavy (non-hydrogen) atoms. The van der Waals surface area contributed by atoms with Gasteiger partial charge >= 0.3 is 0 Å². The van der Waals surface area contributed by atoms with E-state index in [0.29, 0.717) is 12.5 Å². The first-order chi connectivity index (χ1) is 7.70. The molecule has 0 amide bonds.